The van der Waals surface area contributed by atoms with Gasteiger partial charge in [-0.25, -0.2) is 13.4 Å². The van der Waals surface area contributed by atoms with E-state index in [0.717, 1.165) is 18.7 Å². The molecule has 1 N–H and O–H groups in total. The highest BCUT2D eigenvalue weighted by atomic mass is 35.5. The summed E-state index contributed by atoms with van der Waals surface area (Å²) in [5.41, 5.74) is 0. The Balaban J connectivity index is 2.22. The Kier molecular flexibility index (Phi) is 5.76. The number of sulfonamides is 1. The van der Waals surface area contributed by atoms with Crippen molar-refractivity contribution >= 4 is 39.2 Å². The number of hydrogen-bond acceptors (Lipinski definition) is 5. The second-order valence-electron chi connectivity index (χ2n) is 4.97. The molecule has 0 saturated carbocycles. The number of rotatable bonds is 5. The normalized spacial score (nSPS) is 20.4. The van der Waals surface area contributed by atoms with Gasteiger partial charge in [0.15, 0.2) is 0 Å². The molecule has 2 rings (SSSR count). The average Bonchev–Trinajstić information content (AvgIpc) is 2.46. The van der Waals surface area contributed by atoms with Crippen molar-refractivity contribution in [2.45, 2.75) is 30.4 Å². The number of thioether (sulfide) groups is 1. The summed E-state index contributed by atoms with van der Waals surface area (Å²) < 4.78 is 26.7. The van der Waals surface area contributed by atoms with Gasteiger partial charge in [0.2, 0.25) is 10.0 Å². The van der Waals surface area contributed by atoms with Crippen molar-refractivity contribution in [1.82, 2.24) is 9.29 Å². The lowest BCUT2D eigenvalue weighted by Crippen LogP contribution is -2.40. The summed E-state index contributed by atoms with van der Waals surface area (Å²) >= 11 is 7.92. The van der Waals surface area contributed by atoms with Crippen molar-refractivity contribution < 1.29 is 8.42 Å². The molecule has 8 heteroatoms. The second-order valence-corrected chi connectivity index (χ2v) is 8.86. The summed E-state index contributed by atoms with van der Waals surface area (Å²) in [5, 5.41) is 3.72. The molecular formula is C13H20ClN3O2S2. The molecule has 2 heterocycles. The fourth-order valence-corrected chi connectivity index (χ4v) is 5.11. The molecule has 0 amide bonds. The van der Waals surface area contributed by atoms with Gasteiger partial charge in [-0.3, -0.25) is 0 Å². The number of nitrogens with one attached hydrogen (secondary N) is 1. The van der Waals surface area contributed by atoms with Crippen LogP contribution in [-0.4, -0.2) is 48.3 Å². The van der Waals surface area contributed by atoms with Crippen molar-refractivity contribution in [1.29, 1.82) is 0 Å². The highest BCUT2D eigenvalue weighted by Crippen LogP contribution is 2.27. The summed E-state index contributed by atoms with van der Waals surface area (Å²) in [6, 6.07) is 1.48. The molecule has 1 fully saturated rings. The highest BCUT2D eigenvalue weighted by Gasteiger charge is 2.29. The standard InChI is InChI=1S/C13H20ClN3O2S2/c1-3-4-15-13-12(14)7-11(8-16-13)21(18,19)17-5-6-20-10(2)9-17/h7-8,10H,3-6,9H2,1-2H3,(H,15,16). The minimum atomic E-state index is -3.51. The Bertz CT molecular complexity index is 595. The number of hydrogen-bond donors (Lipinski definition) is 1. The molecule has 0 radical (unpaired) electrons. The topological polar surface area (TPSA) is 62.3 Å². The molecule has 0 spiro atoms. The molecule has 1 aromatic heterocycles. The summed E-state index contributed by atoms with van der Waals surface area (Å²) in [5.74, 6) is 1.34. The van der Waals surface area contributed by atoms with Crippen LogP contribution in [0.15, 0.2) is 17.2 Å². The molecule has 0 bridgehead atoms. The first kappa shape index (κ1) is 16.9. The van der Waals surface area contributed by atoms with Crippen molar-refractivity contribution in [3.8, 4) is 0 Å². The van der Waals surface area contributed by atoms with Gasteiger partial charge in [-0.1, -0.05) is 25.4 Å². The van der Waals surface area contributed by atoms with Crippen LogP contribution < -0.4 is 5.32 Å². The third kappa shape index (κ3) is 4.03. The Hall–Kier alpha value is -0.500. The van der Waals surface area contributed by atoms with Gasteiger partial charge in [-0.2, -0.15) is 16.1 Å². The molecule has 1 atom stereocenters. The molecule has 1 saturated heterocycles. The first-order valence-corrected chi connectivity index (χ1v) is 9.83. The van der Waals surface area contributed by atoms with Crippen LogP contribution in [0, 0.1) is 0 Å². The van der Waals surface area contributed by atoms with Gasteiger partial charge >= 0.3 is 0 Å². The first-order chi connectivity index (χ1) is 9.95. The van der Waals surface area contributed by atoms with E-state index in [1.807, 2.05) is 13.8 Å². The van der Waals surface area contributed by atoms with Crippen LogP contribution in [0.25, 0.3) is 0 Å². The van der Waals surface area contributed by atoms with Crippen LogP contribution in [0.5, 0.6) is 0 Å². The van der Waals surface area contributed by atoms with Crippen molar-refractivity contribution in [3.63, 3.8) is 0 Å². The molecule has 0 aromatic carbocycles. The summed E-state index contributed by atoms with van der Waals surface area (Å²) in [6.07, 6.45) is 2.33. The van der Waals surface area contributed by atoms with Crippen molar-refractivity contribution in [2.75, 3.05) is 30.7 Å². The van der Waals surface area contributed by atoms with Gasteiger partial charge in [0, 0.05) is 36.8 Å². The second kappa shape index (κ2) is 7.17. The van der Waals surface area contributed by atoms with Crippen LogP contribution in [0.4, 0.5) is 5.82 Å². The minimum Gasteiger partial charge on any atom is -0.369 e. The van der Waals surface area contributed by atoms with E-state index in [1.54, 1.807) is 11.8 Å². The van der Waals surface area contributed by atoms with E-state index >= 15 is 0 Å². The summed E-state index contributed by atoms with van der Waals surface area (Å²) in [7, 11) is -3.51. The molecule has 5 nitrogen and oxygen atoms in total. The van der Waals surface area contributed by atoms with Gasteiger partial charge in [0.05, 0.1) is 5.02 Å². The highest BCUT2D eigenvalue weighted by molar-refractivity contribution is 8.00. The molecule has 21 heavy (non-hydrogen) atoms. The number of pyridine rings is 1. The summed E-state index contributed by atoms with van der Waals surface area (Å²) in [4.78, 5) is 4.30. The van der Waals surface area contributed by atoms with E-state index in [4.69, 9.17) is 11.6 Å². The quantitative estimate of drug-likeness (QED) is 0.885. The monoisotopic (exact) mass is 349 g/mol. The third-order valence-electron chi connectivity index (χ3n) is 3.20. The van der Waals surface area contributed by atoms with Crippen molar-refractivity contribution in [3.05, 3.63) is 17.3 Å². The Morgan fingerprint density at radius 1 is 1.57 bits per heavy atom. The van der Waals surface area contributed by atoms with Gasteiger partial charge in [-0.05, 0) is 12.5 Å². The number of halogens is 1. The average molecular weight is 350 g/mol. The molecule has 1 aromatic rings. The molecule has 118 valence electrons. The largest absolute Gasteiger partial charge is 0.369 e. The number of aromatic nitrogens is 1. The van der Waals surface area contributed by atoms with Crippen LogP contribution in [0.2, 0.25) is 5.02 Å². The van der Waals surface area contributed by atoms with E-state index in [2.05, 4.69) is 10.3 Å². The maximum Gasteiger partial charge on any atom is 0.244 e. The van der Waals surface area contributed by atoms with E-state index < -0.39 is 10.0 Å². The lowest BCUT2D eigenvalue weighted by molar-refractivity contribution is 0.424. The van der Waals surface area contributed by atoms with E-state index in [-0.39, 0.29) is 4.90 Å². The van der Waals surface area contributed by atoms with E-state index in [1.165, 1.54) is 16.6 Å². The molecular weight excluding hydrogens is 330 g/mol. The zero-order valence-electron chi connectivity index (χ0n) is 12.2. The molecule has 0 aliphatic carbocycles. The van der Waals surface area contributed by atoms with Gasteiger partial charge < -0.3 is 5.32 Å². The lowest BCUT2D eigenvalue weighted by atomic mass is 10.4. The predicted molar refractivity (Wildman–Crippen MR) is 88.7 cm³/mol. The molecule has 1 unspecified atom stereocenters. The van der Waals surface area contributed by atoms with Crippen LogP contribution >= 0.6 is 23.4 Å². The minimum absolute atomic E-state index is 0.161. The molecule has 1 aliphatic rings. The Morgan fingerprint density at radius 2 is 2.33 bits per heavy atom. The summed E-state index contributed by atoms with van der Waals surface area (Å²) in [6.45, 7) is 5.88. The number of nitrogens with zero attached hydrogens (tertiary/aromatic N) is 2. The van der Waals surface area contributed by atoms with Crippen LogP contribution in [0.3, 0.4) is 0 Å². The zero-order valence-corrected chi connectivity index (χ0v) is 14.6. The maximum absolute atomic E-state index is 12.6. The van der Waals surface area contributed by atoms with Crippen LogP contribution in [0.1, 0.15) is 20.3 Å². The Morgan fingerprint density at radius 3 is 2.95 bits per heavy atom. The van der Waals surface area contributed by atoms with Gasteiger partial charge in [-0.15, -0.1) is 0 Å². The number of anilines is 1. The predicted octanol–water partition coefficient (Wildman–Crippen LogP) is 2.68. The Labute approximate surface area is 135 Å². The lowest BCUT2D eigenvalue weighted by Gasteiger charge is -2.29. The molecule has 1 aliphatic heterocycles. The van der Waals surface area contributed by atoms with Crippen LogP contribution in [-0.2, 0) is 10.0 Å². The van der Waals surface area contributed by atoms with Gasteiger partial charge in [0.1, 0.15) is 10.7 Å². The maximum atomic E-state index is 12.6. The van der Waals surface area contributed by atoms with Gasteiger partial charge in [0.25, 0.3) is 0 Å². The van der Waals surface area contributed by atoms with E-state index in [9.17, 15) is 8.42 Å². The smallest absolute Gasteiger partial charge is 0.244 e. The SMILES string of the molecule is CCCNc1ncc(S(=O)(=O)N2CCSC(C)C2)cc1Cl. The zero-order chi connectivity index (χ0) is 15.5. The van der Waals surface area contributed by atoms with E-state index in [0.29, 0.717) is 29.2 Å². The fraction of sp³-hybridized carbons (Fsp3) is 0.615. The van der Waals surface area contributed by atoms with Crippen molar-refractivity contribution in [2.24, 2.45) is 0 Å². The third-order valence-corrected chi connectivity index (χ3v) is 6.46. The first-order valence-electron chi connectivity index (χ1n) is 6.96. The fourth-order valence-electron chi connectivity index (χ4n) is 2.09.